The molecule has 1 saturated carbocycles. The molecule has 1 aliphatic carbocycles. The number of hydrogen-bond donors (Lipinski definition) is 1. The van der Waals surface area contributed by atoms with Crippen LogP contribution in [-0.2, 0) is 4.79 Å². The smallest absolute Gasteiger partial charge is 0.230 e. The first-order valence-corrected chi connectivity index (χ1v) is 8.30. The number of rotatable bonds is 3. The summed E-state index contributed by atoms with van der Waals surface area (Å²) in [7, 11) is 0. The lowest BCUT2D eigenvalue weighted by Crippen LogP contribution is -2.57. The summed E-state index contributed by atoms with van der Waals surface area (Å²) in [5.41, 5.74) is 5.58. The fourth-order valence-electron chi connectivity index (χ4n) is 3.14. The summed E-state index contributed by atoms with van der Waals surface area (Å²) in [6.07, 6.45) is 4.85. The summed E-state index contributed by atoms with van der Waals surface area (Å²) in [6.45, 7) is 3.68. The van der Waals surface area contributed by atoms with Crippen LogP contribution < -0.4 is 10.6 Å². The van der Waals surface area contributed by atoms with Crippen molar-refractivity contribution in [2.75, 3.05) is 37.6 Å². The summed E-state index contributed by atoms with van der Waals surface area (Å²) >= 11 is 3.40. The van der Waals surface area contributed by atoms with Crippen molar-refractivity contribution < 1.29 is 4.79 Å². The van der Waals surface area contributed by atoms with Crippen LogP contribution in [0.3, 0.4) is 0 Å². The van der Waals surface area contributed by atoms with Gasteiger partial charge in [0.25, 0.3) is 0 Å². The van der Waals surface area contributed by atoms with E-state index in [0.717, 1.165) is 55.7 Å². The molecule has 0 bridgehead atoms. The zero-order valence-electron chi connectivity index (χ0n) is 12.1. The molecule has 21 heavy (non-hydrogen) atoms. The Hall–Kier alpha value is -1.14. The summed E-state index contributed by atoms with van der Waals surface area (Å²) in [5, 5.41) is 0. The van der Waals surface area contributed by atoms with E-state index in [2.05, 4.69) is 25.8 Å². The number of pyridine rings is 1. The number of hydrogen-bond acceptors (Lipinski definition) is 4. The fraction of sp³-hybridized carbons (Fsp3) is 0.600. The van der Waals surface area contributed by atoms with Crippen molar-refractivity contribution in [2.45, 2.75) is 19.3 Å². The minimum Gasteiger partial charge on any atom is -0.353 e. The van der Waals surface area contributed by atoms with Crippen molar-refractivity contribution in [1.82, 2.24) is 9.88 Å². The van der Waals surface area contributed by atoms with Crippen LogP contribution in [0.25, 0.3) is 0 Å². The van der Waals surface area contributed by atoms with Gasteiger partial charge in [-0.15, -0.1) is 0 Å². The average molecular weight is 353 g/mol. The van der Waals surface area contributed by atoms with E-state index in [1.54, 1.807) is 0 Å². The van der Waals surface area contributed by atoms with E-state index >= 15 is 0 Å². The van der Waals surface area contributed by atoms with Crippen molar-refractivity contribution in [3.63, 3.8) is 0 Å². The number of carbonyl (C=O) groups is 1. The van der Waals surface area contributed by atoms with E-state index in [1.807, 2.05) is 23.2 Å². The van der Waals surface area contributed by atoms with Crippen LogP contribution in [0, 0.1) is 5.41 Å². The van der Waals surface area contributed by atoms with Gasteiger partial charge in [0.05, 0.1) is 5.41 Å². The molecule has 0 aromatic carbocycles. The third-order valence-corrected chi connectivity index (χ3v) is 5.23. The molecule has 0 radical (unpaired) electrons. The van der Waals surface area contributed by atoms with Gasteiger partial charge in [-0.25, -0.2) is 4.98 Å². The number of nitrogens with zero attached hydrogens (tertiary/aromatic N) is 3. The molecule has 2 aliphatic rings. The maximum atomic E-state index is 12.6. The highest BCUT2D eigenvalue weighted by molar-refractivity contribution is 9.10. The number of piperazine rings is 1. The predicted octanol–water partition coefficient (Wildman–Crippen LogP) is 1.62. The van der Waals surface area contributed by atoms with Crippen LogP contribution in [0.15, 0.2) is 22.8 Å². The van der Waals surface area contributed by atoms with E-state index in [0.29, 0.717) is 6.54 Å². The Balaban J connectivity index is 1.60. The van der Waals surface area contributed by atoms with E-state index in [1.165, 1.54) is 0 Å². The number of aromatic nitrogens is 1. The Labute approximate surface area is 133 Å². The van der Waals surface area contributed by atoms with Gasteiger partial charge in [-0.3, -0.25) is 4.79 Å². The average Bonchev–Trinajstić information content (AvgIpc) is 2.48. The first-order valence-electron chi connectivity index (χ1n) is 7.51. The van der Waals surface area contributed by atoms with Gasteiger partial charge in [-0.05, 0) is 40.9 Å². The second-order valence-electron chi connectivity index (χ2n) is 5.95. The van der Waals surface area contributed by atoms with Gasteiger partial charge in [0.1, 0.15) is 5.82 Å². The second kappa shape index (κ2) is 5.93. The van der Waals surface area contributed by atoms with Crippen molar-refractivity contribution in [2.24, 2.45) is 11.1 Å². The maximum absolute atomic E-state index is 12.6. The summed E-state index contributed by atoms with van der Waals surface area (Å²) < 4.78 is 0.981. The van der Waals surface area contributed by atoms with Crippen LogP contribution >= 0.6 is 15.9 Å². The first kappa shape index (κ1) is 14.8. The molecule has 2 heterocycles. The van der Waals surface area contributed by atoms with E-state index in [4.69, 9.17) is 5.73 Å². The molecule has 0 spiro atoms. The van der Waals surface area contributed by atoms with E-state index in [-0.39, 0.29) is 11.3 Å². The lowest BCUT2D eigenvalue weighted by molar-refractivity contribution is -0.147. The molecular formula is C15H21BrN4O. The SMILES string of the molecule is NCC1(C(=O)N2CCN(c3ccc(Br)cn3)CC2)CCC1. The number of amides is 1. The minimum absolute atomic E-state index is 0.252. The van der Waals surface area contributed by atoms with Gasteiger partial charge in [-0.2, -0.15) is 0 Å². The zero-order valence-corrected chi connectivity index (χ0v) is 13.7. The molecule has 6 heteroatoms. The molecule has 1 amide bonds. The van der Waals surface area contributed by atoms with Gasteiger partial charge >= 0.3 is 0 Å². The highest BCUT2D eigenvalue weighted by atomic mass is 79.9. The zero-order chi connectivity index (χ0) is 14.9. The third kappa shape index (κ3) is 2.79. The molecule has 114 valence electrons. The normalized spacial score (nSPS) is 21.0. The van der Waals surface area contributed by atoms with Crippen LogP contribution in [0.2, 0.25) is 0 Å². The Bertz CT molecular complexity index is 501. The topological polar surface area (TPSA) is 62.5 Å². The molecule has 5 nitrogen and oxygen atoms in total. The lowest BCUT2D eigenvalue weighted by atomic mass is 9.67. The quantitative estimate of drug-likeness (QED) is 0.897. The summed E-state index contributed by atoms with van der Waals surface area (Å²) in [5.74, 6) is 1.24. The molecule has 1 aromatic rings. The van der Waals surface area contributed by atoms with Gasteiger partial charge in [0, 0.05) is 43.4 Å². The fourth-order valence-corrected chi connectivity index (χ4v) is 3.37. The molecule has 3 rings (SSSR count). The van der Waals surface area contributed by atoms with Crippen molar-refractivity contribution >= 4 is 27.7 Å². The molecule has 2 fully saturated rings. The number of carbonyl (C=O) groups excluding carboxylic acids is 1. The monoisotopic (exact) mass is 352 g/mol. The van der Waals surface area contributed by atoms with Crippen molar-refractivity contribution in [3.8, 4) is 0 Å². The summed E-state index contributed by atoms with van der Waals surface area (Å²) in [6, 6.07) is 4.01. The first-order chi connectivity index (χ1) is 10.1. The van der Waals surface area contributed by atoms with Crippen molar-refractivity contribution in [3.05, 3.63) is 22.8 Å². The maximum Gasteiger partial charge on any atom is 0.230 e. The number of halogens is 1. The molecule has 1 aliphatic heterocycles. The molecule has 1 saturated heterocycles. The molecular weight excluding hydrogens is 332 g/mol. The molecule has 0 unspecified atom stereocenters. The largest absolute Gasteiger partial charge is 0.353 e. The Morgan fingerprint density at radius 3 is 2.48 bits per heavy atom. The predicted molar refractivity (Wildman–Crippen MR) is 86.1 cm³/mol. The lowest BCUT2D eigenvalue weighted by Gasteiger charge is -2.45. The number of anilines is 1. The Morgan fingerprint density at radius 1 is 1.29 bits per heavy atom. The standard InChI is InChI=1S/C15H21BrN4O/c16-12-2-3-13(18-10-12)19-6-8-20(9-7-19)14(21)15(11-17)4-1-5-15/h2-3,10H,1,4-9,11,17H2. The van der Waals surface area contributed by atoms with Gasteiger partial charge in [0.15, 0.2) is 0 Å². The Morgan fingerprint density at radius 2 is 2.00 bits per heavy atom. The summed E-state index contributed by atoms with van der Waals surface area (Å²) in [4.78, 5) is 21.3. The van der Waals surface area contributed by atoms with Crippen LogP contribution in [0.1, 0.15) is 19.3 Å². The third-order valence-electron chi connectivity index (χ3n) is 4.76. The van der Waals surface area contributed by atoms with Crippen LogP contribution in [-0.4, -0.2) is 48.5 Å². The van der Waals surface area contributed by atoms with E-state index in [9.17, 15) is 4.79 Å². The van der Waals surface area contributed by atoms with Gasteiger partial charge in [0.2, 0.25) is 5.91 Å². The van der Waals surface area contributed by atoms with Gasteiger partial charge < -0.3 is 15.5 Å². The van der Waals surface area contributed by atoms with Gasteiger partial charge in [-0.1, -0.05) is 6.42 Å². The van der Waals surface area contributed by atoms with Crippen molar-refractivity contribution in [1.29, 1.82) is 0 Å². The molecule has 2 N–H and O–H groups in total. The van der Waals surface area contributed by atoms with Crippen LogP contribution in [0.4, 0.5) is 5.82 Å². The highest BCUT2D eigenvalue weighted by Gasteiger charge is 2.45. The molecule has 0 atom stereocenters. The Kier molecular flexibility index (Phi) is 4.17. The second-order valence-corrected chi connectivity index (χ2v) is 6.87. The van der Waals surface area contributed by atoms with Crippen LogP contribution in [0.5, 0.6) is 0 Å². The number of nitrogens with two attached hydrogens (primary N) is 1. The highest BCUT2D eigenvalue weighted by Crippen LogP contribution is 2.41. The minimum atomic E-state index is -0.252. The molecule has 1 aromatic heterocycles. The van der Waals surface area contributed by atoms with E-state index < -0.39 is 0 Å².